The van der Waals surface area contributed by atoms with Gasteiger partial charge in [0, 0.05) is 29.6 Å². The lowest BCUT2D eigenvalue weighted by molar-refractivity contribution is -0.125. The summed E-state index contributed by atoms with van der Waals surface area (Å²) in [7, 11) is 3.13. The molecule has 0 unspecified atom stereocenters. The second-order valence-corrected chi connectivity index (χ2v) is 9.84. The maximum Gasteiger partial charge on any atom is 0.332 e. The summed E-state index contributed by atoms with van der Waals surface area (Å²) in [4.78, 5) is 46.4. The lowest BCUT2D eigenvalue weighted by Gasteiger charge is -2.35. The predicted octanol–water partition coefficient (Wildman–Crippen LogP) is 4.36. The van der Waals surface area contributed by atoms with Crippen LogP contribution >= 0.6 is 0 Å². The average molecular weight is 525 g/mol. The predicted molar refractivity (Wildman–Crippen MR) is 146 cm³/mol. The Kier molecular flexibility index (Phi) is 5.79. The van der Waals surface area contributed by atoms with E-state index in [1.807, 2.05) is 30.3 Å². The first-order chi connectivity index (χ1) is 18.9. The number of aromatic amines is 1. The first kappa shape index (κ1) is 24.5. The van der Waals surface area contributed by atoms with Crippen molar-refractivity contribution in [2.45, 2.75) is 25.4 Å². The highest BCUT2D eigenvalue weighted by Gasteiger charge is 2.59. The molecule has 2 N–H and O–H groups in total. The van der Waals surface area contributed by atoms with Crippen LogP contribution < -0.4 is 19.7 Å². The van der Waals surface area contributed by atoms with Gasteiger partial charge in [0.05, 0.1) is 25.6 Å². The number of ether oxygens (including phenoxy) is 2. The number of imide groups is 1. The molecular weight excluding hydrogens is 496 g/mol. The fourth-order valence-electron chi connectivity index (χ4n) is 5.66. The largest absolute Gasteiger partial charge is 0.493 e. The van der Waals surface area contributed by atoms with Gasteiger partial charge in [-0.05, 0) is 66.9 Å². The highest BCUT2D eigenvalue weighted by molar-refractivity contribution is 6.23. The van der Waals surface area contributed by atoms with Gasteiger partial charge in [0.25, 0.3) is 11.8 Å². The number of fused-ring (bicyclic) bond motifs is 5. The van der Waals surface area contributed by atoms with Gasteiger partial charge in [0.1, 0.15) is 0 Å². The van der Waals surface area contributed by atoms with E-state index in [-0.39, 0.29) is 17.8 Å². The summed E-state index contributed by atoms with van der Waals surface area (Å²) in [6.07, 6.45) is 0.668. The standard InChI is InChI=1S/C30H28N4O5/c1-30-26-22(21-6-4-5-7-23(21)32-26)14-15-33(30)29(37)34(28(30)36)20-11-9-19(10-12-20)27(35)31-17-18-8-13-24(38-2)25(16-18)39-3/h4-13,16,32H,14-15,17H2,1-3H3,(H,31,35)/t30-/m0/s1. The molecule has 4 aromatic rings. The minimum absolute atomic E-state index is 0.275. The molecule has 0 saturated carbocycles. The zero-order valence-electron chi connectivity index (χ0n) is 21.9. The molecule has 1 fully saturated rings. The smallest absolute Gasteiger partial charge is 0.332 e. The molecule has 0 spiro atoms. The summed E-state index contributed by atoms with van der Waals surface area (Å²) in [6.45, 7) is 2.55. The van der Waals surface area contributed by atoms with Crippen LogP contribution in [-0.4, -0.2) is 48.5 Å². The van der Waals surface area contributed by atoms with Crippen LogP contribution in [0.2, 0.25) is 0 Å². The average Bonchev–Trinajstić information content (AvgIpc) is 3.44. The Morgan fingerprint density at radius 3 is 2.49 bits per heavy atom. The van der Waals surface area contributed by atoms with Gasteiger partial charge in [0.2, 0.25) is 0 Å². The third-order valence-electron chi connectivity index (χ3n) is 7.76. The molecule has 0 bridgehead atoms. The highest BCUT2D eigenvalue weighted by Crippen LogP contribution is 2.45. The third-order valence-corrected chi connectivity index (χ3v) is 7.76. The van der Waals surface area contributed by atoms with Crippen LogP contribution in [0, 0.1) is 0 Å². The van der Waals surface area contributed by atoms with Gasteiger partial charge in [-0.2, -0.15) is 0 Å². The number of aromatic nitrogens is 1. The second kappa shape index (κ2) is 9.20. The molecule has 0 radical (unpaired) electrons. The summed E-state index contributed by atoms with van der Waals surface area (Å²) in [5.74, 6) is 0.603. The number of nitrogens with one attached hydrogen (secondary N) is 2. The van der Waals surface area contributed by atoms with Crippen LogP contribution in [-0.2, 0) is 23.3 Å². The van der Waals surface area contributed by atoms with Crippen LogP contribution in [0.3, 0.4) is 0 Å². The Bertz CT molecular complexity index is 1630. The van der Waals surface area contributed by atoms with E-state index in [1.54, 1.807) is 62.4 Å². The fraction of sp³-hybridized carbons (Fsp3) is 0.233. The van der Waals surface area contributed by atoms with Crippen LogP contribution in [0.15, 0.2) is 66.7 Å². The van der Waals surface area contributed by atoms with Crippen LogP contribution in [0.5, 0.6) is 11.5 Å². The van der Waals surface area contributed by atoms with Crippen molar-refractivity contribution in [2.24, 2.45) is 0 Å². The van der Waals surface area contributed by atoms with E-state index < -0.39 is 5.54 Å². The van der Waals surface area contributed by atoms with Crippen LogP contribution in [0.25, 0.3) is 10.9 Å². The molecule has 39 heavy (non-hydrogen) atoms. The topological polar surface area (TPSA) is 104 Å². The first-order valence-electron chi connectivity index (χ1n) is 12.7. The Hall–Kier alpha value is -4.79. The maximum atomic E-state index is 13.8. The molecule has 0 aliphatic carbocycles. The van der Waals surface area contributed by atoms with Gasteiger partial charge in [-0.25, -0.2) is 9.69 Å². The van der Waals surface area contributed by atoms with Crippen LogP contribution in [0.4, 0.5) is 10.5 Å². The summed E-state index contributed by atoms with van der Waals surface area (Å²) in [6, 6.07) is 19.5. The van der Waals surface area contributed by atoms with E-state index in [0.29, 0.717) is 42.3 Å². The van der Waals surface area contributed by atoms with Gasteiger partial charge in [-0.3, -0.25) is 9.59 Å². The number of rotatable bonds is 6. The van der Waals surface area contributed by atoms with E-state index >= 15 is 0 Å². The molecule has 1 saturated heterocycles. The summed E-state index contributed by atoms with van der Waals surface area (Å²) in [5, 5.41) is 3.96. The lowest BCUT2D eigenvalue weighted by atomic mass is 9.87. The lowest BCUT2D eigenvalue weighted by Crippen LogP contribution is -2.49. The molecule has 2 aliphatic heterocycles. The fourth-order valence-corrected chi connectivity index (χ4v) is 5.66. The molecule has 9 nitrogen and oxygen atoms in total. The third kappa shape index (κ3) is 3.72. The van der Waals surface area contributed by atoms with E-state index in [1.165, 1.54) is 4.90 Å². The van der Waals surface area contributed by atoms with Crippen molar-refractivity contribution in [3.8, 4) is 11.5 Å². The van der Waals surface area contributed by atoms with Crippen molar-refractivity contribution >= 4 is 34.4 Å². The van der Waals surface area contributed by atoms with E-state index in [2.05, 4.69) is 10.3 Å². The van der Waals surface area contributed by atoms with Crippen molar-refractivity contribution in [1.29, 1.82) is 0 Å². The SMILES string of the molecule is COc1ccc(CNC(=O)c2ccc(N3C(=O)N4CCc5c([nH]c6ccccc56)[C@@]4(C)C3=O)cc2)cc1OC. The minimum atomic E-state index is -1.13. The number of H-pyrrole nitrogens is 1. The molecule has 2 aliphatic rings. The molecule has 4 amide bonds. The number of carbonyl (C=O) groups is 3. The van der Waals surface area contributed by atoms with Gasteiger partial charge >= 0.3 is 6.03 Å². The van der Waals surface area contributed by atoms with Crippen molar-refractivity contribution in [1.82, 2.24) is 15.2 Å². The maximum absolute atomic E-state index is 13.8. The van der Waals surface area contributed by atoms with Crippen molar-refractivity contribution in [2.75, 3.05) is 25.7 Å². The molecule has 3 heterocycles. The molecule has 9 heteroatoms. The number of carbonyl (C=O) groups excluding carboxylic acids is 3. The second-order valence-electron chi connectivity index (χ2n) is 9.84. The Morgan fingerprint density at radius 2 is 1.74 bits per heavy atom. The minimum Gasteiger partial charge on any atom is -0.493 e. The zero-order valence-corrected chi connectivity index (χ0v) is 21.9. The number of methoxy groups -OCH3 is 2. The van der Waals surface area contributed by atoms with Crippen molar-refractivity contribution in [3.05, 3.63) is 89.1 Å². The van der Waals surface area contributed by atoms with E-state index in [9.17, 15) is 14.4 Å². The number of para-hydroxylation sites is 1. The van der Waals surface area contributed by atoms with Gasteiger partial charge in [-0.15, -0.1) is 0 Å². The van der Waals surface area contributed by atoms with E-state index in [0.717, 1.165) is 27.7 Å². The normalized spacial score (nSPS) is 18.2. The Morgan fingerprint density at radius 1 is 1.00 bits per heavy atom. The molecule has 1 atom stereocenters. The van der Waals surface area contributed by atoms with Gasteiger partial charge < -0.3 is 24.7 Å². The summed E-state index contributed by atoms with van der Waals surface area (Å²) in [5.41, 5.74) is 3.37. The number of benzene rings is 3. The molecule has 1 aromatic heterocycles. The summed E-state index contributed by atoms with van der Waals surface area (Å²) < 4.78 is 10.6. The number of urea groups is 1. The van der Waals surface area contributed by atoms with Crippen molar-refractivity contribution < 1.29 is 23.9 Å². The number of amides is 4. The monoisotopic (exact) mass is 524 g/mol. The van der Waals surface area contributed by atoms with E-state index in [4.69, 9.17) is 9.47 Å². The number of anilines is 1. The van der Waals surface area contributed by atoms with Crippen molar-refractivity contribution in [3.63, 3.8) is 0 Å². The molecule has 3 aromatic carbocycles. The Balaban J connectivity index is 1.21. The number of hydrogen-bond donors (Lipinski definition) is 2. The quantitative estimate of drug-likeness (QED) is 0.365. The number of nitrogens with zero attached hydrogens (tertiary/aromatic N) is 2. The molecule has 198 valence electrons. The van der Waals surface area contributed by atoms with Gasteiger partial charge in [0.15, 0.2) is 17.0 Å². The first-order valence-corrected chi connectivity index (χ1v) is 12.7. The highest BCUT2D eigenvalue weighted by atomic mass is 16.5. The molecule has 6 rings (SSSR count). The van der Waals surface area contributed by atoms with Crippen LogP contribution in [0.1, 0.15) is 34.1 Å². The molecular formula is C30H28N4O5. The van der Waals surface area contributed by atoms with Gasteiger partial charge in [-0.1, -0.05) is 24.3 Å². The zero-order chi connectivity index (χ0) is 27.3. The summed E-state index contributed by atoms with van der Waals surface area (Å²) >= 11 is 0. The Labute approximate surface area is 225 Å². The number of hydrogen-bond acceptors (Lipinski definition) is 5.